The molecule has 0 amide bonds. The summed E-state index contributed by atoms with van der Waals surface area (Å²) in [6.07, 6.45) is 2.55. The highest BCUT2D eigenvalue weighted by Gasteiger charge is 2.44. The van der Waals surface area contributed by atoms with E-state index in [4.69, 9.17) is 0 Å². The van der Waals surface area contributed by atoms with E-state index in [2.05, 4.69) is 66.9 Å². The van der Waals surface area contributed by atoms with Gasteiger partial charge in [-0.3, -0.25) is 4.90 Å². The van der Waals surface area contributed by atoms with Gasteiger partial charge in [0.25, 0.3) is 0 Å². The maximum Gasteiger partial charge on any atom is 0.146 e. The number of nitrogens with zero attached hydrogens (tertiary/aromatic N) is 4. The molecule has 1 saturated carbocycles. The molecule has 4 nitrogen and oxygen atoms in total. The summed E-state index contributed by atoms with van der Waals surface area (Å²) in [5, 5.41) is 8.39. The van der Waals surface area contributed by atoms with E-state index in [0.29, 0.717) is 5.41 Å². The van der Waals surface area contributed by atoms with Crippen molar-refractivity contribution < 1.29 is 0 Å². The van der Waals surface area contributed by atoms with Gasteiger partial charge < -0.3 is 4.57 Å². The molecule has 0 saturated heterocycles. The highest BCUT2D eigenvalue weighted by Crippen LogP contribution is 2.48. The minimum absolute atomic E-state index is 0.336. The SMILES string of the molecule is Cc1nnc(CN(C)CC2(c3ccc(Br)cc3)CC2)n1C. The highest BCUT2D eigenvalue weighted by atomic mass is 79.9. The van der Waals surface area contributed by atoms with E-state index in [-0.39, 0.29) is 0 Å². The minimum atomic E-state index is 0.336. The molecule has 1 aromatic carbocycles. The number of benzene rings is 1. The van der Waals surface area contributed by atoms with Gasteiger partial charge in [0, 0.05) is 23.5 Å². The Morgan fingerprint density at radius 2 is 1.90 bits per heavy atom. The van der Waals surface area contributed by atoms with E-state index < -0.39 is 0 Å². The Morgan fingerprint density at radius 3 is 2.43 bits per heavy atom. The molecular weight excluding hydrogens is 328 g/mol. The molecule has 2 aromatic rings. The van der Waals surface area contributed by atoms with Gasteiger partial charge in [0.2, 0.25) is 0 Å². The van der Waals surface area contributed by atoms with Crippen LogP contribution in [0.1, 0.15) is 30.1 Å². The van der Waals surface area contributed by atoms with Crippen molar-refractivity contribution in [3.63, 3.8) is 0 Å². The molecule has 1 heterocycles. The van der Waals surface area contributed by atoms with Gasteiger partial charge in [0.05, 0.1) is 6.54 Å². The number of aromatic nitrogens is 3. The van der Waals surface area contributed by atoms with Crippen LogP contribution in [0.15, 0.2) is 28.7 Å². The average Bonchev–Trinajstić information content (AvgIpc) is 3.16. The molecule has 0 N–H and O–H groups in total. The molecule has 3 rings (SSSR count). The minimum Gasteiger partial charge on any atom is -0.317 e. The van der Waals surface area contributed by atoms with E-state index in [1.54, 1.807) is 0 Å². The Morgan fingerprint density at radius 1 is 1.24 bits per heavy atom. The van der Waals surface area contributed by atoms with Gasteiger partial charge in [-0.2, -0.15) is 0 Å². The third-order valence-corrected chi connectivity index (χ3v) is 5.01. The zero-order valence-corrected chi connectivity index (χ0v) is 14.4. The molecule has 0 aliphatic heterocycles. The number of likely N-dealkylation sites (N-methyl/N-ethyl adjacent to an activating group) is 1. The maximum atomic E-state index is 4.26. The average molecular weight is 349 g/mol. The normalized spacial score (nSPS) is 16.4. The lowest BCUT2D eigenvalue weighted by Crippen LogP contribution is -2.29. The summed E-state index contributed by atoms with van der Waals surface area (Å²) in [5.74, 6) is 1.99. The Balaban J connectivity index is 1.68. The first-order chi connectivity index (χ1) is 10.00. The molecule has 0 unspecified atom stereocenters. The van der Waals surface area contributed by atoms with E-state index in [1.165, 1.54) is 18.4 Å². The largest absolute Gasteiger partial charge is 0.317 e. The van der Waals surface area contributed by atoms with Crippen molar-refractivity contribution in [1.82, 2.24) is 19.7 Å². The second-order valence-corrected chi connectivity index (χ2v) is 7.10. The summed E-state index contributed by atoms with van der Waals surface area (Å²) in [7, 11) is 4.20. The van der Waals surface area contributed by atoms with Crippen molar-refractivity contribution in [2.45, 2.75) is 31.7 Å². The summed E-state index contributed by atoms with van der Waals surface area (Å²) >= 11 is 3.51. The summed E-state index contributed by atoms with van der Waals surface area (Å²) in [6.45, 7) is 3.90. The number of hydrogen-bond donors (Lipinski definition) is 0. The van der Waals surface area contributed by atoms with E-state index >= 15 is 0 Å². The standard InChI is InChI=1S/C16H21BrN4/c1-12-18-19-15(21(12)3)10-20(2)11-16(8-9-16)13-4-6-14(17)7-5-13/h4-7H,8-11H2,1-3H3. The third-order valence-electron chi connectivity index (χ3n) is 4.48. The first-order valence-corrected chi connectivity index (χ1v) is 8.09. The van der Waals surface area contributed by atoms with Crippen molar-refractivity contribution in [2.24, 2.45) is 7.05 Å². The smallest absolute Gasteiger partial charge is 0.146 e. The summed E-state index contributed by atoms with van der Waals surface area (Å²) in [6, 6.07) is 8.78. The van der Waals surface area contributed by atoms with Gasteiger partial charge in [0.15, 0.2) is 0 Å². The Hall–Kier alpha value is -1.20. The quantitative estimate of drug-likeness (QED) is 0.832. The van der Waals surface area contributed by atoms with Crippen molar-refractivity contribution >= 4 is 15.9 Å². The fourth-order valence-electron chi connectivity index (χ4n) is 2.90. The van der Waals surface area contributed by atoms with E-state index in [9.17, 15) is 0 Å². The van der Waals surface area contributed by atoms with E-state index in [1.807, 2.05) is 14.0 Å². The van der Waals surface area contributed by atoms with Gasteiger partial charge in [-0.1, -0.05) is 28.1 Å². The molecule has 1 aromatic heterocycles. The van der Waals surface area contributed by atoms with Crippen LogP contribution in [-0.2, 0) is 19.0 Å². The number of halogens is 1. The lowest BCUT2D eigenvalue weighted by Gasteiger charge is -2.23. The summed E-state index contributed by atoms with van der Waals surface area (Å²) < 4.78 is 3.21. The zero-order chi connectivity index (χ0) is 15.0. The van der Waals surface area contributed by atoms with Crippen LogP contribution < -0.4 is 0 Å². The van der Waals surface area contributed by atoms with Crippen LogP contribution in [0.3, 0.4) is 0 Å². The van der Waals surface area contributed by atoms with Crippen LogP contribution in [-0.4, -0.2) is 33.3 Å². The number of rotatable bonds is 5. The Bertz CT molecular complexity index is 628. The van der Waals surface area contributed by atoms with Crippen LogP contribution in [0.5, 0.6) is 0 Å². The third kappa shape index (κ3) is 3.04. The second kappa shape index (κ2) is 5.54. The van der Waals surface area contributed by atoms with Gasteiger partial charge in [-0.25, -0.2) is 0 Å². The van der Waals surface area contributed by atoms with Crippen molar-refractivity contribution in [2.75, 3.05) is 13.6 Å². The molecule has 0 radical (unpaired) electrons. The van der Waals surface area contributed by atoms with Crippen molar-refractivity contribution in [1.29, 1.82) is 0 Å². The first-order valence-electron chi connectivity index (χ1n) is 7.30. The van der Waals surface area contributed by atoms with Gasteiger partial charge >= 0.3 is 0 Å². The zero-order valence-electron chi connectivity index (χ0n) is 12.8. The molecule has 21 heavy (non-hydrogen) atoms. The van der Waals surface area contributed by atoms with Crippen LogP contribution in [0.4, 0.5) is 0 Å². The second-order valence-electron chi connectivity index (χ2n) is 6.18. The van der Waals surface area contributed by atoms with Crippen molar-refractivity contribution in [3.8, 4) is 0 Å². The number of hydrogen-bond acceptors (Lipinski definition) is 3. The lowest BCUT2D eigenvalue weighted by atomic mass is 9.95. The molecular formula is C16H21BrN4. The fourth-order valence-corrected chi connectivity index (χ4v) is 3.16. The van der Waals surface area contributed by atoms with Crippen LogP contribution in [0.25, 0.3) is 0 Å². The van der Waals surface area contributed by atoms with Crippen LogP contribution in [0.2, 0.25) is 0 Å². The molecule has 1 fully saturated rings. The predicted molar refractivity (Wildman–Crippen MR) is 87.1 cm³/mol. The summed E-state index contributed by atoms with van der Waals surface area (Å²) in [4.78, 5) is 2.36. The Kier molecular flexibility index (Phi) is 3.88. The highest BCUT2D eigenvalue weighted by molar-refractivity contribution is 9.10. The molecule has 5 heteroatoms. The fraction of sp³-hybridized carbons (Fsp3) is 0.500. The summed E-state index contributed by atoms with van der Waals surface area (Å²) in [5.41, 5.74) is 1.79. The number of aryl methyl sites for hydroxylation is 1. The predicted octanol–water partition coefficient (Wildman–Crippen LogP) is 3.05. The molecule has 0 atom stereocenters. The van der Waals surface area contributed by atoms with Crippen molar-refractivity contribution in [3.05, 3.63) is 46.0 Å². The molecule has 1 aliphatic carbocycles. The lowest BCUT2D eigenvalue weighted by molar-refractivity contribution is 0.284. The molecule has 112 valence electrons. The molecule has 0 bridgehead atoms. The monoisotopic (exact) mass is 348 g/mol. The van der Waals surface area contributed by atoms with Gasteiger partial charge in [-0.15, -0.1) is 10.2 Å². The topological polar surface area (TPSA) is 34.0 Å². The molecule has 0 spiro atoms. The van der Waals surface area contributed by atoms with Crippen LogP contribution in [0, 0.1) is 6.92 Å². The Labute approximate surface area is 134 Å². The first kappa shape index (κ1) is 14.7. The maximum absolute atomic E-state index is 4.26. The van der Waals surface area contributed by atoms with E-state index in [0.717, 1.165) is 29.2 Å². The van der Waals surface area contributed by atoms with Crippen LogP contribution >= 0.6 is 15.9 Å². The van der Waals surface area contributed by atoms with Gasteiger partial charge in [0.1, 0.15) is 11.6 Å². The van der Waals surface area contributed by atoms with Gasteiger partial charge in [-0.05, 0) is 44.5 Å². The molecule has 1 aliphatic rings.